The number of rotatable bonds is 4. The second-order valence-corrected chi connectivity index (χ2v) is 6.25. The van der Waals surface area contributed by atoms with Gasteiger partial charge in [-0.2, -0.15) is 5.10 Å². The molecule has 2 aromatic heterocycles. The molecule has 2 aromatic carbocycles. The molecule has 0 saturated carbocycles. The van der Waals surface area contributed by atoms with Crippen LogP contribution in [0.1, 0.15) is 11.1 Å². The van der Waals surface area contributed by atoms with Crippen molar-refractivity contribution in [1.29, 1.82) is 0 Å². The normalized spacial score (nSPS) is 10.9. The lowest BCUT2D eigenvalue weighted by Crippen LogP contribution is -2.34. The number of carbonyl (C=O) groups excluding carboxylic acids is 1. The molecule has 0 aliphatic heterocycles. The van der Waals surface area contributed by atoms with E-state index in [0.717, 1.165) is 21.5 Å². The Morgan fingerprint density at radius 1 is 1.11 bits per heavy atom. The van der Waals surface area contributed by atoms with Gasteiger partial charge in [-0.15, -0.1) is 0 Å². The highest BCUT2D eigenvalue weighted by Gasteiger charge is 2.13. The topological polar surface area (TPSA) is 81.8 Å². The second kappa shape index (κ2) is 6.87. The summed E-state index contributed by atoms with van der Waals surface area (Å²) in [5.41, 5.74) is 5.41. The molecule has 0 spiro atoms. The van der Waals surface area contributed by atoms with E-state index >= 15 is 0 Å². The van der Waals surface area contributed by atoms with Gasteiger partial charge in [-0.1, -0.05) is 48.0 Å². The molecule has 0 radical (unpaired) electrons. The number of aryl methyl sites for hydroxylation is 1. The summed E-state index contributed by atoms with van der Waals surface area (Å²) in [4.78, 5) is 29.3. The van der Waals surface area contributed by atoms with E-state index < -0.39 is 0 Å². The van der Waals surface area contributed by atoms with E-state index in [4.69, 9.17) is 0 Å². The number of hydrogen-bond donors (Lipinski definition) is 1. The monoisotopic (exact) mass is 359 g/mol. The molecular weight excluding hydrogens is 342 g/mol. The van der Waals surface area contributed by atoms with Gasteiger partial charge in [0.25, 0.3) is 5.56 Å². The van der Waals surface area contributed by atoms with E-state index in [1.165, 1.54) is 12.5 Å². The van der Waals surface area contributed by atoms with Crippen molar-refractivity contribution in [1.82, 2.24) is 19.4 Å². The molecule has 27 heavy (non-hydrogen) atoms. The van der Waals surface area contributed by atoms with Gasteiger partial charge >= 0.3 is 0 Å². The number of amides is 1. The molecule has 0 aliphatic rings. The zero-order valence-corrected chi connectivity index (χ0v) is 14.7. The maximum absolute atomic E-state index is 12.7. The van der Waals surface area contributed by atoms with Crippen molar-refractivity contribution >= 4 is 16.9 Å². The van der Waals surface area contributed by atoms with Crippen LogP contribution >= 0.6 is 0 Å². The van der Waals surface area contributed by atoms with Gasteiger partial charge in [0.2, 0.25) is 5.91 Å². The zero-order chi connectivity index (χ0) is 18.8. The summed E-state index contributed by atoms with van der Waals surface area (Å²) in [5, 5.41) is 4.58. The number of fused-ring (bicyclic) bond motifs is 1. The molecule has 0 aliphatic carbocycles. The maximum atomic E-state index is 12.7. The SMILES string of the molecule is Cc1cccc(CC(=O)Nn2cnc3c(cnn3-c3ccccc3)c2=O)c1. The van der Waals surface area contributed by atoms with Crippen molar-refractivity contribution in [3.63, 3.8) is 0 Å². The largest absolute Gasteiger partial charge is 0.283 e. The van der Waals surface area contributed by atoms with Crippen LogP contribution in [0.3, 0.4) is 0 Å². The molecule has 2 heterocycles. The highest BCUT2D eigenvalue weighted by Crippen LogP contribution is 2.12. The Morgan fingerprint density at radius 2 is 1.93 bits per heavy atom. The van der Waals surface area contributed by atoms with Gasteiger partial charge < -0.3 is 0 Å². The standard InChI is InChI=1S/C20H17N5O2/c1-14-6-5-7-15(10-14)11-18(26)23-24-13-21-19-17(20(24)27)12-22-25(19)16-8-3-2-4-9-16/h2-10,12-13H,11H2,1H3,(H,23,26). The minimum Gasteiger partial charge on any atom is -0.273 e. The number of benzene rings is 2. The number of nitrogens with one attached hydrogen (secondary N) is 1. The molecule has 134 valence electrons. The summed E-state index contributed by atoms with van der Waals surface area (Å²) >= 11 is 0. The van der Waals surface area contributed by atoms with Gasteiger partial charge in [0.15, 0.2) is 5.65 Å². The van der Waals surface area contributed by atoms with E-state index in [0.29, 0.717) is 11.0 Å². The van der Waals surface area contributed by atoms with Crippen LogP contribution in [-0.2, 0) is 11.2 Å². The maximum Gasteiger partial charge on any atom is 0.283 e. The van der Waals surface area contributed by atoms with Crippen LogP contribution in [0, 0.1) is 6.92 Å². The number of para-hydroxylation sites is 1. The lowest BCUT2D eigenvalue weighted by molar-refractivity contribution is -0.116. The van der Waals surface area contributed by atoms with E-state index in [2.05, 4.69) is 15.5 Å². The highest BCUT2D eigenvalue weighted by atomic mass is 16.2. The molecule has 0 unspecified atom stereocenters. The summed E-state index contributed by atoms with van der Waals surface area (Å²) in [5.74, 6) is -0.292. The first-order valence-electron chi connectivity index (χ1n) is 8.48. The third-order valence-electron chi connectivity index (χ3n) is 4.18. The van der Waals surface area contributed by atoms with Crippen LogP contribution < -0.4 is 11.0 Å². The molecule has 1 N–H and O–H groups in total. The summed E-state index contributed by atoms with van der Waals surface area (Å²) < 4.78 is 2.69. The fraction of sp³-hybridized carbons (Fsp3) is 0.100. The van der Waals surface area contributed by atoms with Crippen LogP contribution in [0.15, 0.2) is 71.9 Å². The van der Waals surface area contributed by atoms with Gasteiger partial charge in [-0.05, 0) is 24.6 Å². The van der Waals surface area contributed by atoms with E-state index in [1.807, 2.05) is 61.5 Å². The van der Waals surface area contributed by atoms with Gasteiger partial charge in [-0.3, -0.25) is 15.0 Å². The quantitative estimate of drug-likeness (QED) is 0.606. The average molecular weight is 359 g/mol. The molecule has 0 fully saturated rings. The van der Waals surface area contributed by atoms with E-state index in [-0.39, 0.29) is 17.9 Å². The molecule has 0 bridgehead atoms. The summed E-state index contributed by atoms with van der Waals surface area (Å²) in [6.07, 6.45) is 2.94. The lowest BCUT2D eigenvalue weighted by atomic mass is 10.1. The first-order valence-corrected chi connectivity index (χ1v) is 8.48. The van der Waals surface area contributed by atoms with Crippen molar-refractivity contribution < 1.29 is 4.79 Å². The Balaban J connectivity index is 1.61. The highest BCUT2D eigenvalue weighted by molar-refractivity contribution is 5.86. The fourth-order valence-electron chi connectivity index (χ4n) is 2.93. The number of hydrogen-bond acceptors (Lipinski definition) is 4. The van der Waals surface area contributed by atoms with Gasteiger partial charge in [0.05, 0.1) is 18.3 Å². The smallest absolute Gasteiger partial charge is 0.273 e. The molecule has 0 atom stereocenters. The van der Waals surface area contributed by atoms with Crippen molar-refractivity contribution in [2.45, 2.75) is 13.3 Å². The zero-order valence-electron chi connectivity index (χ0n) is 14.7. The van der Waals surface area contributed by atoms with E-state index in [1.54, 1.807) is 4.68 Å². The number of carbonyl (C=O) groups is 1. The Labute approximate surface area is 154 Å². The lowest BCUT2D eigenvalue weighted by Gasteiger charge is -2.08. The predicted octanol–water partition coefficient (Wildman–Crippen LogP) is 2.20. The molecule has 1 amide bonds. The van der Waals surface area contributed by atoms with E-state index in [9.17, 15) is 9.59 Å². The van der Waals surface area contributed by atoms with Crippen LogP contribution in [0.5, 0.6) is 0 Å². The van der Waals surface area contributed by atoms with Crippen LogP contribution in [0.4, 0.5) is 0 Å². The number of aromatic nitrogens is 4. The Kier molecular flexibility index (Phi) is 4.25. The van der Waals surface area contributed by atoms with Crippen LogP contribution in [0.2, 0.25) is 0 Å². The minimum atomic E-state index is -0.375. The van der Waals surface area contributed by atoms with Crippen molar-refractivity contribution in [3.8, 4) is 5.69 Å². The Bertz CT molecular complexity index is 1180. The number of nitrogens with zero attached hydrogens (tertiary/aromatic N) is 4. The average Bonchev–Trinajstić information content (AvgIpc) is 3.09. The molecular formula is C20H17N5O2. The van der Waals surface area contributed by atoms with Crippen molar-refractivity contribution in [2.24, 2.45) is 0 Å². The van der Waals surface area contributed by atoms with Gasteiger partial charge in [-0.25, -0.2) is 14.3 Å². The van der Waals surface area contributed by atoms with Gasteiger partial charge in [0.1, 0.15) is 11.7 Å². The molecule has 7 nitrogen and oxygen atoms in total. The van der Waals surface area contributed by atoms with Gasteiger partial charge in [0, 0.05) is 0 Å². The first-order chi connectivity index (χ1) is 13.1. The van der Waals surface area contributed by atoms with Crippen molar-refractivity contribution in [3.05, 3.63) is 88.6 Å². The summed E-state index contributed by atoms with van der Waals surface area (Å²) in [6, 6.07) is 17.1. The third-order valence-corrected chi connectivity index (χ3v) is 4.18. The molecule has 7 heteroatoms. The molecule has 4 aromatic rings. The predicted molar refractivity (Wildman–Crippen MR) is 102 cm³/mol. The minimum absolute atomic E-state index is 0.176. The van der Waals surface area contributed by atoms with Crippen LogP contribution in [-0.4, -0.2) is 25.3 Å². The molecule has 0 saturated heterocycles. The second-order valence-electron chi connectivity index (χ2n) is 6.25. The third kappa shape index (κ3) is 3.35. The summed E-state index contributed by atoms with van der Waals surface area (Å²) in [7, 11) is 0. The molecule has 4 rings (SSSR count). The first kappa shape index (κ1) is 16.7. The fourth-order valence-corrected chi connectivity index (χ4v) is 2.93. The van der Waals surface area contributed by atoms with Crippen molar-refractivity contribution in [2.75, 3.05) is 5.43 Å². The Morgan fingerprint density at radius 3 is 2.70 bits per heavy atom. The van der Waals surface area contributed by atoms with Crippen LogP contribution in [0.25, 0.3) is 16.7 Å². The summed E-state index contributed by atoms with van der Waals surface area (Å²) in [6.45, 7) is 1.97. The Hall–Kier alpha value is -3.74.